The molecule has 0 aliphatic carbocycles. The van der Waals surface area contributed by atoms with Crippen LogP contribution < -0.4 is 5.32 Å². The van der Waals surface area contributed by atoms with Crippen molar-refractivity contribution >= 4 is 33.4 Å². The lowest BCUT2D eigenvalue weighted by molar-refractivity contribution is -0.120. The van der Waals surface area contributed by atoms with Gasteiger partial charge in [0.25, 0.3) is 0 Å². The topological polar surface area (TPSA) is 29.1 Å². The molecule has 0 bridgehead atoms. The lowest BCUT2D eigenvalue weighted by Crippen LogP contribution is -2.23. The van der Waals surface area contributed by atoms with Gasteiger partial charge in [0.05, 0.1) is 0 Å². The zero-order valence-electron chi connectivity index (χ0n) is 8.52. The van der Waals surface area contributed by atoms with Crippen LogP contribution >= 0.6 is 27.5 Å². The predicted octanol–water partition coefficient (Wildman–Crippen LogP) is 3.00. The van der Waals surface area contributed by atoms with Gasteiger partial charge in [-0.1, -0.05) is 22.0 Å². The summed E-state index contributed by atoms with van der Waals surface area (Å²) in [4.78, 5) is 11.2. The number of benzene rings is 1. The second-order valence-electron chi connectivity index (χ2n) is 3.29. The molecule has 1 rings (SSSR count). The van der Waals surface area contributed by atoms with Crippen LogP contribution in [0.15, 0.2) is 22.7 Å². The summed E-state index contributed by atoms with van der Waals surface area (Å²) in [5, 5.41) is 2.82. The average Bonchev–Trinajstić information content (AvgIpc) is 2.20. The molecule has 1 aromatic carbocycles. The van der Waals surface area contributed by atoms with E-state index in [1.165, 1.54) is 5.56 Å². The number of halogens is 2. The van der Waals surface area contributed by atoms with Crippen LogP contribution in [0, 0.1) is 6.92 Å². The minimum absolute atomic E-state index is 0.00984. The normalized spacial score (nSPS) is 10.1. The summed E-state index contributed by atoms with van der Waals surface area (Å²) in [7, 11) is 0. The highest BCUT2D eigenvalue weighted by Crippen LogP contribution is 2.15. The molecule has 82 valence electrons. The number of alkyl halides is 1. The van der Waals surface area contributed by atoms with Crippen LogP contribution in [0.1, 0.15) is 17.5 Å². The molecular formula is C11H13BrClNO. The molecule has 1 N–H and O–H groups in total. The highest BCUT2D eigenvalue weighted by Gasteiger charge is 2.02. The van der Waals surface area contributed by atoms with Crippen molar-refractivity contribution in [3.63, 3.8) is 0 Å². The molecule has 0 fully saturated rings. The molecule has 4 heteroatoms. The Hall–Kier alpha value is -0.540. The molecule has 0 spiro atoms. The zero-order valence-corrected chi connectivity index (χ0v) is 10.9. The van der Waals surface area contributed by atoms with Gasteiger partial charge >= 0.3 is 0 Å². The first-order valence-electron chi connectivity index (χ1n) is 4.71. The van der Waals surface area contributed by atoms with Gasteiger partial charge in [0, 0.05) is 23.3 Å². The van der Waals surface area contributed by atoms with E-state index in [4.69, 9.17) is 11.6 Å². The van der Waals surface area contributed by atoms with E-state index in [1.54, 1.807) is 0 Å². The predicted molar refractivity (Wildman–Crippen MR) is 66.1 cm³/mol. The summed E-state index contributed by atoms with van der Waals surface area (Å²) in [5.41, 5.74) is 2.29. The van der Waals surface area contributed by atoms with Crippen LogP contribution in [0.5, 0.6) is 0 Å². The number of aryl methyl sites for hydroxylation is 1. The Labute approximate surface area is 103 Å². The molecule has 2 nitrogen and oxygen atoms in total. The van der Waals surface area contributed by atoms with E-state index in [2.05, 4.69) is 21.2 Å². The third-order valence-corrected chi connectivity index (χ3v) is 2.79. The number of rotatable bonds is 4. The Morgan fingerprint density at radius 1 is 1.53 bits per heavy atom. The third kappa shape index (κ3) is 4.22. The van der Waals surface area contributed by atoms with Crippen molar-refractivity contribution < 1.29 is 4.79 Å². The molecule has 0 unspecified atom stereocenters. The van der Waals surface area contributed by atoms with Crippen molar-refractivity contribution in [2.45, 2.75) is 19.9 Å². The first-order valence-corrected chi connectivity index (χ1v) is 6.04. The molecule has 1 amide bonds. The minimum atomic E-state index is -0.00984. The number of hydrogen-bond acceptors (Lipinski definition) is 1. The molecule has 0 aliphatic heterocycles. The van der Waals surface area contributed by atoms with E-state index in [0.717, 1.165) is 10.0 Å². The largest absolute Gasteiger partial charge is 0.352 e. The number of hydrogen-bond donors (Lipinski definition) is 1. The van der Waals surface area contributed by atoms with Gasteiger partial charge in [-0.3, -0.25) is 4.79 Å². The Bertz CT molecular complexity index is 354. The summed E-state index contributed by atoms with van der Waals surface area (Å²) in [5.74, 6) is 0.355. The lowest BCUT2D eigenvalue weighted by Gasteiger charge is -2.07. The number of amides is 1. The maximum Gasteiger partial charge on any atom is 0.221 e. The average molecular weight is 291 g/mol. The number of carbonyl (C=O) groups excluding carboxylic acids is 1. The first kappa shape index (κ1) is 12.5. The Kier molecular flexibility index (Phi) is 5.12. The molecule has 1 aromatic rings. The highest BCUT2D eigenvalue weighted by atomic mass is 79.9. The molecular weight excluding hydrogens is 277 g/mol. The summed E-state index contributed by atoms with van der Waals surface area (Å²) in [6.45, 7) is 2.58. The van der Waals surface area contributed by atoms with Gasteiger partial charge in [0.1, 0.15) is 0 Å². The van der Waals surface area contributed by atoms with Crippen molar-refractivity contribution in [1.82, 2.24) is 5.32 Å². The lowest BCUT2D eigenvalue weighted by atomic mass is 10.1. The molecule has 0 atom stereocenters. The van der Waals surface area contributed by atoms with Crippen molar-refractivity contribution in [3.8, 4) is 0 Å². The van der Waals surface area contributed by atoms with Crippen LogP contribution in [-0.2, 0) is 11.3 Å². The van der Waals surface area contributed by atoms with Crippen molar-refractivity contribution in [1.29, 1.82) is 0 Å². The van der Waals surface area contributed by atoms with Gasteiger partial charge in [-0.25, -0.2) is 0 Å². The van der Waals surface area contributed by atoms with Crippen LogP contribution in [0.2, 0.25) is 0 Å². The van der Waals surface area contributed by atoms with Crippen LogP contribution in [0.4, 0.5) is 0 Å². The SMILES string of the molecule is Cc1ccc(Br)cc1CNC(=O)CCCl. The van der Waals surface area contributed by atoms with Crippen molar-refractivity contribution in [2.75, 3.05) is 5.88 Å². The molecule has 0 radical (unpaired) electrons. The maximum absolute atomic E-state index is 11.2. The monoisotopic (exact) mass is 289 g/mol. The van der Waals surface area contributed by atoms with E-state index in [-0.39, 0.29) is 5.91 Å². The zero-order chi connectivity index (χ0) is 11.3. The van der Waals surface area contributed by atoms with E-state index < -0.39 is 0 Å². The van der Waals surface area contributed by atoms with Crippen LogP contribution in [-0.4, -0.2) is 11.8 Å². The van der Waals surface area contributed by atoms with E-state index >= 15 is 0 Å². The Balaban J connectivity index is 2.57. The fourth-order valence-electron chi connectivity index (χ4n) is 1.20. The van der Waals surface area contributed by atoms with E-state index in [0.29, 0.717) is 18.8 Å². The first-order chi connectivity index (χ1) is 7.13. The third-order valence-electron chi connectivity index (χ3n) is 2.11. The molecule has 0 saturated carbocycles. The van der Waals surface area contributed by atoms with Gasteiger partial charge < -0.3 is 5.32 Å². The summed E-state index contributed by atoms with van der Waals surface area (Å²) < 4.78 is 1.02. The summed E-state index contributed by atoms with van der Waals surface area (Å²) in [6, 6.07) is 6.02. The number of carbonyl (C=O) groups is 1. The number of nitrogens with one attached hydrogen (secondary N) is 1. The summed E-state index contributed by atoms with van der Waals surface area (Å²) in [6.07, 6.45) is 0.370. The van der Waals surface area contributed by atoms with Crippen LogP contribution in [0.25, 0.3) is 0 Å². The van der Waals surface area contributed by atoms with E-state index in [9.17, 15) is 4.79 Å². The van der Waals surface area contributed by atoms with Gasteiger partial charge in [-0.2, -0.15) is 0 Å². The molecule has 0 aliphatic rings. The Morgan fingerprint density at radius 3 is 2.93 bits per heavy atom. The quantitative estimate of drug-likeness (QED) is 0.849. The fraction of sp³-hybridized carbons (Fsp3) is 0.364. The van der Waals surface area contributed by atoms with Crippen molar-refractivity contribution in [2.24, 2.45) is 0 Å². The smallest absolute Gasteiger partial charge is 0.221 e. The fourth-order valence-corrected chi connectivity index (χ4v) is 1.78. The molecule has 0 aromatic heterocycles. The van der Waals surface area contributed by atoms with Gasteiger partial charge in [0.15, 0.2) is 0 Å². The van der Waals surface area contributed by atoms with Crippen LogP contribution in [0.3, 0.4) is 0 Å². The van der Waals surface area contributed by atoms with E-state index in [1.807, 2.05) is 25.1 Å². The molecule has 0 saturated heterocycles. The molecule has 0 heterocycles. The van der Waals surface area contributed by atoms with Crippen molar-refractivity contribution in [3.05, 3.63) is 33.8 Å². The second-order valence-corrected chi connectivity index (χ2v) is 4.58. The van der Waals surface area contributed by atoms with Gasteiger partial charge in [-0.05, 0) is 30.2 Å². The standard InChI is InChI=1S/C11H13BrClNO/c1-8-2-3-10(12)6-9(8)7-14-11(15)4-5-13/h2-3,6H,4-5,7H2,1H3,(H,14,15). The highest BCUT2D eigenvalue weighted by molar-refractivity contribution is 9.10. The summed E-state index contributed by atoms with van der Waals surface area (Å²) >= 11 is 8.87. The van der Waals surface area contributed by atoms with Gasteiger partial charge in [0.2, 0.25) is 5.91 Å². The van der Waals surface area contributed by atoms with Gasteiger partial charge in [-0.15, -0.1) is 11.6 Å². The maximum atomic E-state index is 11.2. The minimum Gasteiger partial charge on any atom is -0.352 e. The second kappa shape index (κ2) is 6.13. The Morgan fingerprint density at radius 2 is 2.27 bits per heavy atom. The molecule has 15 heavy (non-hydrogen) atoms.